The minimum atomic E-state index is 0.607. The molecule has 1 fully saturated rings. The molecular weight excluding hydrogens is 222 g/mol. The second-order valence-electron chi connectivity index (χ2n) is 5.38. The fourth-order valence-electron chi connectivity index (χ4n) is 2.92. The third kappa shape index (κ3) is 3.49. The first-order valence-corrected chi connectivity index (χ1v) is 7.16. The van der Waals surface area contributed by atoms with Gasteiger partial charge in [-0.25, -0.2) is 0 Å². The van der Waals surface area contributed by atoms with Crippen LogP contribution in [-0.2, 0) is 6.54 Å². The minimum absolute atomic E-state index is 0.607. The average molecular weight is 247 g/mol. The van der Waals surface area contributed by atoms with Crippen molar-refractivity contribution < 1.29 is 4.74 Å². The molecule has 2 heteroatoms. The van der Waals surface area contributed by atoms with Gasteiger partial charge < -0.3 is 10.1 Å². The number of nitrogens with one attached hydrogen (secondary N) is 1. The number of hydrogen-bond donors (Lipinski definition) is 1. The minimum Gasteiger partial charge on any atom is -0.496 e. The highest BCUT2D eigenvalue weighted by molar-refractivity contribution is 5.33. The number of ether oxygens (including phenoxy) is 1. The number of para-hydroxylation sites is 1. The van der Waals surface area contributed by atoms with Gasteiger partial charge in [0, 0.05) is 18.2 Å². The van der Waals surface area contributed by atoms with Crippen molar-refractivity contribution in [2.24, 2.45) is 5.92 Å². The Bertz CT molecular complexity index is 358. The Morgan fingerprint density at radius 3 is 2.67 bits per heavy atom. The van der Waals surface area contributed by atoms with E-state index in [-0.39, 0.29) is 0 Å². The molecule has 0 spiro atoms. The summed E-state index contributed by atoms with van der Waals surface area (Å²) in [4.78, 5) is 0. The van der Waals surface area contributed by atoms with Gasteiger partial charge in [-0.2, -0.15) is 0 Å². The van der Waals surface area contributed by atoms with Crippen molar-refractivity contribution in [3.63, 3.8) is 0 Å². The SMILES string of the molecule is COc1ccccc1CN[C@H](C)C1CCCCC1. The maximum absolute atomic E-state index is 5.38. The van der Waals surface area contributed by atoms with Crippen LogP contribution in [0.3, 0.4) is 0 Å². The average Bonchev–Trinajstić information content (AvgIpc) is 2.46. The van der Waals surface area contributed by atoms with Crippen molar-refractivity contribution in [3.05, 3.63) is 29.8 Å². The van der Waals surface area contributed by atoms with Gasteiger partial charge >= 0.3 is 0 Å². The summed E-state index contributed by atoms with van der Waals surface area (Å²) in [6, 6.07) is 8.87. The molecule has 100 valence electrons. The molecule has 1 N–H and O–H groups in total. The largest absolute Gasteiger partial charge is 0.496 e. The summed E-state index contributed by atoms with van der Waals surface area (Å²) in [7, 11) is 1.74. The van der Waals surface area contributed by atoms with Crippen molar-refractivity contribution in [1.29, 1.82) is 0 Å². The van der Waals surface area contributed by atoms with Crippen LogP contribution in [-0.4, -0.2) is 13.2 Å². The Kier molecular flexibility index (Phi) is 5.06. The molecule has 0 bridgehead atoms. The van der Waals surface area contributed by atoms with E-state index in [9.17, 15) is 0 Å². The van der Waals surface area contributed by atoms with E-state index in [4.69, 9.17) is 4.74 Å². The molecule has 0 radical (unpaired) electrons. The van der Waals surface area contributed by atoms with Gasteiger partial charge in [0.2, 0.25) is 0 Å². The van der Waals surface area contributed by atoms with Gasteiger partial charge in [-0.3, -0.25) is 0 Å². The van der Waals surface area contributed by atoms with Crippen LogP contribution >= 0.6 is 0 Å². The summed E-state index contributed by atoms with van der Waals surface area (Å²) in [6.07, 6.45) is 7.02. The maximum Gasteiger partial charge on any atom is 0.123 e. The first-order chi connectivity index (χ1) is 8.81. The van der Waals surface area contributed by atoms with E-state index in [0.717, 1.165) is 18.2 Å². The first-order valence-electron chi connectivity index (χ1n) is 7.16. The third-order valence-corrected chi connectivity index (χ3v) is 4.16. The standard InChI is InChI=1S/C16H25NO/c1-13(14-8-4-3-5-9-14)17-12-15-10-6-7-11-16(15)18-2/h6-7,10-11,13-14,17H,3-5,8-9,12H2,1-2H3/t13-/m1/s1. The fourth-order valence-corrected chi connectivity index (χ4v) is 2.92. The van der Waals surface area contributed by atoms with Crippen LogP contribution < -0.4 is 10.1 Å². The monoisotopic (exact) mass is 247 g/mol. The molecule has 0 unspecified atom stereocenters. The number of methoxy groups -OCH3 is 1. The van der Waals surface area contributed by atoms with E-state index in [1.807, 2.05) is 12.1 Å². The van der Waals surface area contributed by atoms with Gasteiger partial charge in [0.05, 0.1) is 7.11 Å². The van der Waals surface area contributed by atoms with E-state index in [1.54, 1.807) is 7.11 Å². The molecule has 18 heavy (non-hydrogen) atoms. The molecule has 1 aliphatic rings. The van der Waals surface area contributed by atoms with Crippen molar-refractivity contribution in [3.8, 4) is 5.75 Å². The van der Waals surface area contributed by atoms with Gasteiger partial charge in [0.1, 0.15) is 5.75 Å². The molecule has 0 amide bonds. The third-order valence-electron chi connectivity index (χ3n) is 4.16. The number of rotatable bonds is 5. The molecule has 1 aromatic carbocycles. The van der Waals surface area contributed by atoms with E-state index >= 15 is 0 Å². The molecule has 0 aliphatic heterocycles. The highest BCUT2D eigenvalue weighted by Crippen LogP contribution is 2.26. The van der Waals surface area contributed by atoms with E-state index in [2.05, 4.69) is 24.4 Å². The molecule has 1 atom stereocenters. The van der Waals surface area contributed by atoms with Crippen LogP contribution in [0.1, 0.15) is 44.6 Å². The predicted octanol–water partition coefficient (Wildman–Crippen LogP) is 3.75. The Morgan fingerprint density at radius 1 is 1.22 bits per heavy atom. The predicted molar refractivity (Wildman–Crippen MR) is 75.9 cm³/mol. The van der Waals surface area contributed by atoms with Crippen LogP contribution in [0.5, 0.6) is 5.75 Å². The molecular formula is C16H25NO. The molecule has 1 aliphatic carbocycles. The Morgan fingerprint density at radius 2 is 1.94 bits per heavy atom. The highest BCUT2D eigenvalue weighted by Gasteiger charge is 2.19. The quantitative estimate of drug-likeness (QED) is 0.855. The normalized spacial score (nSPS) is 18.6. The maximum atomic E-state index is 5.38. The fraction of sp³-hybridized carbons (Fsp3) is 0.625. The lowest BCUT2D eigenvalue weighted by atomic mass is 9.84. The molecule has 2 rings (SSSR count). The van der Waals surface area contributed by atoms with Crippen molar-refractivity contribution in [2.45, 2.75) is 51.6 Å². The van der Waals surface area contributed by atoms with Gasteiger partial charge in [-0.15, -0.1) is 0 Å². The number of hydrogen-bond acceptors (Lipinski definition) is 2. The summed E-state index contributed by atoms with van der Waals surface area (Å²) >= 11 is 0. The molecule has 0 aromatic heterocycles. The molecule has 0 heterocycles. The smallest absolute Gasteiger partial charge is 0.123 e. The van der Waals surface area contributed by atoms with Crippen molar-refractivity contribution >= 4 is 0 Å². The lowest BCUT2D eigenvalue weighted by Crippen LogP contribution is -2.34. The summed E-state index contributed by atoms with van der Waals surface area (Å²) in [5.74, 6) is 1.84. The summed E-state index contributed by atoms with van der Waals surface area (Å²) in [5.41, 5.74) is 1.25. The first kappa shape index (κ1) is 13.4. The van der Waals surface area contributed by atoms with Crippen molar-refractivity contribution in [2.75, 3.05) is 7.11 Å². The zero-order chi connectivity index (χ0) is 12.8. The van der Waals surface area contributed by atoms with E-state index in [1.165, 1.54) is 37.7 Å². The van der Waals surface area contributed by atoms with Crippen LogP contribution in [0.25, 0.3) is 0 Å². The summed E-state index contributed by atoms with van der Waals surface area (Å²) < 4.78 is 5.38. The van der Waals surface area contributed by atoms with Crippen molar-refractivity contribution in [1.82, 2.24) is 5.32 Å². The van der Waals surface area contributed by atoms with Crippen LogP contribution in [0, 0.1) is 5.92 Å². The molecule has 1 aromatic rings. The second kappa shape index (κ2) is 6.79. The van der Waals surface area contributed by atoms with E-state index < -0.39 is 0 Å². The zero-order valence-corrected chi connectivity index (χ0v) is 11.6. The summed E-state index contributed by atoms with van der Waals surface area (Å²) in [6.45, 7) is 3.23. The topological polar surface area (TPSA) is 21.3 Å². The Hall–Kier alpha value is -1.02. The molecule has 2 nitrogen and oxygen atoms in total. The van der Waals surface area contributed by atoms with Crippen LogP contribution in [0.2, 0.25) is 0 Å². The zero-order valence-electron chi connectivity index (χ0n) is 11.6. The lowest BCUT2D eigenvalue weighted by Gasteiger charge is -2.28. The highest BCUT2D eigenvalue weighted by atomic mass is 16.5. The van der Waals surface area contributed by atoms with Gasteiger partial charge in [0.25, 0.3) is 0 Å². The Labute approximate surface area is 111 Å². The van der Waals surface area contributed by atoms with E-state index in [0.29, 0.717) is 6.04 Å². The molecule has 1 saturated carbocycles. The van der Waals surface area contributed by atoms with Gasteiger partial charge in [-0.1, -0.05) is 37.5 Å². The lowest BCUT2D eigenvalue weighted by molar-refractivity contribution is 0.279. The van der Waals surface area contributed by atoms with Gasteiger partial charge in [0.15, 0.2) is 0 Å². The van der Waals surface area contributed by atoms with Crippen LogP contribution in [0.4, 0.5) is 0 Å². The van der Waals surface area contributed by atoms with Gasteiger partial charge in [-0.05, 0) is 31.7 Å². The van der Waals surface area contributed by atoms with Crippen LogP contribution in [0.15, 0.2) is 24.3 Å². The summed E-state index contributed by atoms with van der Waals surface area (Å²) in [5, 5.41) is 3.66. The Balaban J connectivity index is 1.86. The second-order valence-corrected chi connectivity index (χ2v) is 5.38. The molecule has 0 saturated heterocycles. The number of benzene rings is 1.